The molecule has 3 aromatic carbocycles. The number of allylic oxidation sites excluding steroid dienone is 1. The molecule has 0 saturated heterocycles. The average Bonchev–Trinajstić information content (AvgIpc) is 2.55. The Bertz CT molecular complexity index is 808. The van der Waals surface area contributed by atoms with E-state index in [-0.39, 0.29) is 0 Å². The molecule has 0 aliphatic heterocycles. The number of hydrogen-bond donors (Lipinski definition) is 0. The maximum absolute atomic E-state index is 6.09. The maximum atomic E-state index is 6.09. The lowest BCUT2D eigenvalue weighted by atomic mass is 10.0. The van der Waals surface area contributed by atoms with Gasteiger partial charge in [-0.05, 0) is 29.3 Å². The van der Waals surface area contributed by atoms with Crippen LogP contribution in [0, 0.1) is 0 Å². The highest BCUT2D eigenvalue weighted by Gasteiger charge is 2.08. The number of ether oxygens (including phenoxy) is 1. The molecule has 0 spiro atoms. The van der Waals surface area contributed by atoms with E-state index in [1.165, 1.54) is 16.3 Å². The summed E-state index contributed by atoms with van der Waals surface area (Å²) < 4.78 is 7.16. The SMILES string of the molecule is C=CCc1c(OCc2ccccc2Br)ccc2ccccc12. The zero-order chi connectivity index (χ0) is 15.4. The van der Waals surface area contributed by atoms with Gasteiger partial charge in [0.1, 0.15) is 12.4 Å². The third kappa shape index (κ3) is 3.07. The molecule has 2 heteroatoms. The molecule has 0 heterocycles. The van der Waals surface area contributed by atoms with E-state index in [1.807, 2.05) is 24.3 Å². The highest BCUT2D eigenvalue weighted by molar-refractivity contribution is 9.10. The summed E-state index contributed by atoms with van der Waals surface area (Å²) in [6, 6.07) is 20.7. The molecule has 0 atom stereocenters. The van der Waals surface area contributed by atoms with Gasteiger partial charge in [-0.3, -0.25) is 0 Å². The number of fused-ring (bicyclic) bond motifs is 1. The van der Waals surface area contributed by atoms with Crippen LogP contribution in [0.3, 0.4) is 0 Å². The summed E-state index contributed by atoms with van der Waals surface area (Å²) in [5.74, 6) is 0.925. The fourth-order valence-corrected chi connectivity index (χ4v) is 2.98. The van der Waals surface area contributed by atoms with Gasteiger partial charge in [0.25, 0.3) is 0 Å². The van der Waals surface area contributed by atoms with Gasteiger partial charge in [0.2, 0.25) is 0 Å². The lowest BCUT2D eigenvalue weighted by Crippen LogP contribution is -1.99. The minimum Gasteiger partial charge on any atom is -0.489 e. The summed E-state index contributed by atoms with van der Waals surface area (Å²) >= 11 is 3.56. The van der Waals surface area contributed by atoms with Crippen molar-refractivity contribution in [3.63, 3.8) is 0 Å². The molecule has 0 aliphatic carbocycles. The highest BCUT2D eigenvalue weighted by Crippen LogP contribution is 2.30. The molecule has 110 valence electrons. The molecule has 0 radical (unpaired) electrons. The van der Waals surface area contributed by atoms with Crippen LogP contribution in [0.5, 0.6) is 5.75 Å². The van der Waals surface area contributed by atoms with E-state index in [0.29, 0.717) is 6.61 Å². The second kappa shape index (κ2) is 6.80. The summed E-state index contributed by atoms with van der Waals surface area (Å²) in [6.45, 7) is 4.42. The smallest absolute Gasteiger partial charge is 0.123 e. The summed E-state index contributed by atoms with van der Waals surface area (Å²) in [7, 11) is 0. The third-order valence-electron chi connectivity index (χ3n) is 3.69. The summed E-state index contributed by atoms with van der Waals surface area (Å²) in [4.78, 5) is 0. The molecule has 0 fully saturated rings. The van der Waals surface area contributed by atoms with Crippen LogP contribution in [0.15, 0.2) is 77.8 Å². The van der Waals surface area contributed by atoms with Gasteiger partial charge < -0.3 is 4.74 Å². The summed E-state index contributed by atoms with van der Waals surface area (Å²) in [5, 5.41) is 2.46. The molecule has 0 saturated carbocycles. The van der Waals surface area contributed by atoms with E-state index in [0.717, 1.165) is 22.2 Å². The van der Waals surface area contributed by atoms with Gasteiger partial charge in [0.15, 0.2) is 0 Å². The van der Waals surface area contributed by atoms with Crippen LogP contribution >= 0.6 is 15.9 Å². The molecule has 22 heavy (non-hydrogen) atoms. The lowest BCUT2D eigenvalue weighted by Gasteiger charge is -2.14. The second-order valence-corrected chi connectivity index (χ2v) is 5.99. The average molecular weight is 353 g/mol. The van der Waals surface area contributed by atoms with Crippen molar-refractivity contribution in [1.29, 1.82) is 0 Å². The van der Waals surface area contributed by atoms with Gasteiger partial charge in [-0.15, -0.1) is 6.58 Å². The molecule has 1 nitrogen and oxygen atoms in total. The van der Waals surface area contributed by atoms with E-state index in [2.05, 4.69) is 65.0 Å². The Hall–Kier alpha value is -2.06. The Balaban J connectivity index is 1.94. The zero-order valence-corrected chi connectivity index (χ0v) is 13.8. The molecule has 0 aromatic heterocycles. The van der Waals surface area contributed by atoms with Crippen LogP contribution in [0.2, 0.25) is 0 Å². The standard InChI is InChI=1S/C20H17BrO/c1-2-7-18-17-10-5-3-8-15(17)12-13-20(18)22-14-16-9-4-6-11-19(16)21/h2-6,8-13H,1,7,14H2. The van der Waals surface area contributed by atoms with Gasteiger partial charge in [-0.1, -0.05) is 70.5 Å². The Labute approximate surface area is 139 Å². The number of halogens is 1. The fraction of sp³-hybridized carbons (Fsp3) is 0.100. The van der Waals surface area contributed by atoms with Crippen molar-refractivity contribution in [2.75, 3.05) is 0 Å². The van der Waals surface area contributed by atoms with Crippen molar-refractivity contribution in [3.05, 3.63) is 88.9 Å². The number of hydrogen-bond acceptors (Lipinski definition) is 1. The van der Waals surface area contributed by atoms with Crippen molar-refractivity contribution in [1.82, 2.24) is 0 Å². The van der Waals surface area contributed by atoms with Gasteiger partial charge in [0.05, 0.1) is 0 Å². The topological polar surface area (TPSA) is 9.23 Å². The number of rotatable bonds is 5. The van der Waals surface area contributed by atoms with Crippen LogP contribution < -0.4 is 4.74 Å². The van der Waals surface area contributed by atoms with Crippen molar-refractivity contribution in [3.8, 4) is 5.75 Å². The van der Waals surface area contributed by atoms with Gasteiger partial charge in [-0.25, -0.2) is 0 Å². The van der Waals surface area contributed by atoms with Gasteiger partial charge >= 0.3 is 0 Å². The highest BCUT2D eigenvalue weighted by atomic mass is 79.9. The molecular formula is C20H17BrO. The molecule has 0 unspecified atom stereocenters. The van der Waals surface area contributed by atoms with E-state index in [4.69, 9.17) is 4.74 Å². The first kappa shape index (κ1) is 14.9. The Morgan fingerprint density at radius 2 is 1.73 bits per heavy atom. The monoisotopic (exact) mass is 352 g/mol. The summed E-state index contributed by atoms with van der Waals surface area (Å²) in [5.41, 5.74) is 2.33. The molecule has 3 rings (SSSR count). The van der Waals surface area contributed by atoms with E-state index >= 15 is 0 Å². The van der Waals surface area contributed by atoms with E-state index in [9.17, 15) is 0 Å². The molecular weight excluding hydrogens is 336 g/mol. The minimum absolute atomic E-state index is 0.546. The molecule has 0 N–H and O–H groups in total. The maximum Gasteiger partial charge on any atom is 0.123 e. The quantitative estimate of drug-likeness (QED) is 0.518. The van der Waals surface area contributed by atoms with Gasteiger partial charge in [-0.2, -0.15) is 0 Å². The lowest BCUT2D eigenvalue weighted by molar-refractivity contribution is 0.303. The molecule has 0 aliphatic rings. The Morgan fingerprint density at radius 1 is 0.955 bits per heavy atom. The third-order valence-corrected chi connectivity index (χ3v) is 4.46. The molecule has 0 bridgehead atoms. The number of benzene rings is 3. The van der Waals surface area contributed by atoms with Crippen molar-refractivity contribution in [2.24, 2.45) is 0 Å². The second-order valence-electron chi connectivity index (χ2n) is 5.14. The van der Waals surface area contributed by atoms with Crippen molar-refractivity contribution >= 4 is 26.7 Å². The first-order valence-corrected chi connectivity index (χ1v) is 8.06. The predicted molar refractivity (Wildman–Crippen MR) is 96.3 cm³/mol. The normalized spacial score (nSPS) is 10.6. The van der Waals surface area contributed by atoms with Crippen LogP contribution in [0.4, 0.5) is 0 Å². The molecule has 3 aromatic rings. The summed E-state index contributed by atoms with van der Waals surface area (Å²) in [6.07, 6.45) is 2.72. The first-order chi connectivity index (χ1) is 10.8. The first-order valence-electron chi connectivity index (χ1n) is 7.27. The largest absolute Gasteiger partial charge is 0.489 e. The van der Waals surface area contributed by atoms with Crippen LogP contribution in [-0.2, 0) is 13.0 Å². The van der Waals surface area contributed by atoms with Crippen molar-refractivity contribution < 1.29 is 4.74 Å². The van der Waals surface area contributed by atoms with Crippen LogP contribution in [0.1, 0.15) is 11.1 Å². The van der Waals surface area contributed by atoms with E-state index < -0.39 is 0 Å². The fourth-order valence-electron chi connectivity index (χ4n) is 2.58. The van der Waals surface area contributed by atoms with Crippen molar-refractivity contribution in [2.45, 2.75) is 13.0 Å². The van der Waals surface area contributed by atoms with Crippen LogP contribution in [0.25, 0.3) is 10.8 Å². The Morgan fingerprint density at radius 3 is 2.55 bits per heavy atom. The molecule has 0 amide bonds. The minimum atomic E-state index is 0.546. The van der Waals surface area contributed by atoms with Gasteiger partial charge in [0, 0.05) is 15.6 Å². The Kier molecular flexibility index (Phi) is 4.59. The predicted octanol–water partition coefficient (Wildman–Crippen LogP) is 5.91. The van der Waals surface area contributed by atoms with Crippen LogP contribution in [-0.4, -0.2) is 0 Å². The van der Waals surface area contributed by atoms with E-state index in [1.54, 1.807) is 0 Å². The zero-order valence-electron chi connectivity index (χ0n) is 12.3.